The maximum absolute atomic E-state index is 13.9. The second-order valence-corrected chi connectivity index (χ2v) is 4.12. The first kappa shape index (κ1) is 11.5. The van der Waals surface area contributed by atoms with Gasteiger partial charge in [0.05, 0.1) is 5.56 Å². The lowest BCUT2D eigenvalue weighted by Gasteiger charge is -2.03. The molecule has 4 heteroatoms. The second kappa shape index (κ2) is 4.57. The Balaban J connectivity index is 2.23. The van der Waals surface area contributed by atoms with Gasteiger partial charge in [-0.1, -0.05) is 53.7 Å². The van der Waals surface area contributed by atoms with E-state index >= 15 is 0 Å². The number of halogens is 1. The third-order valence-electron chi connectivity index (χ3n) is 2.90. The van der Waals surface area contributed by atoms with Crippen LogP contribution in [0, 0.1) is 5.82 Å². The van der Waals surface area contributed by atoms with Crippen molar-refractivity contribution in [3.05, 3.63) is 60.4 Å². The highest BCUT2D eigenvalue weighted by atomic mass is 19.1. The Hall–Kier alpha value is -2.62. The van der Waals surface area contributed by atoms with Crippen LogP contribution in [0.2, 0.25) is 0 Å². The molecular formula is C15H11FN2O. The standard InChI is InChI=1S/C15H11FN2O/c16-12-9-5-4-8-11(12)13-14(19-18-15(13)17)10-6-2-1-3-7-10/h1-9H,(H2,17,18). The molecule has 3 rings (SSSR count). The van der Waals surface area contributed by atoms with Crippen molar-refractivity contribution >= 4 is 5.82 Å². The molecule has 0 aliphatic heterocycles. The molecule has 3 aromatic rings. The van der Waals surface area contributed by atoms with Crippen LogP contribution in [0.15, 0.2) is 59.1 Å². The molecule has 0 aliphatic rings. The topological polar surface area (TPSA) is 52.0 Å². The summed E-state index contributed by atoms with van der Waals surface area (Å²) >= 11 is 0. The van der Waals surface area contributed by atoms with Crippen LogP contribution in [0.4, 0.5) is 10.2 Å². The monoisotopic (exact) mass is 254 g/mol. The molecule has 2 aromatic carbocycles. The summed E-state index contributed by atoms with van der Waals surface area (Å²) in [5, 5.41) is 3.75. The summed E-state index contributed by atoms with van der Waals surface area (Å²) in [6.07, 6.45) is 0. The first-order valence-corrected chi connectivity index (χ1v) is 5.83. The molecule has 1 heterocycles. The fourth-order valence-corrected chi connectivity index (χ4v) is 2.01. The van der Waals surface area contributed by atoms with Gasteiger partial charge in [-0.25, -0.2) is 4.39 Å². The van der Waals surface area contributed by atoms with Gasteiger partial charge < -0.3 is 10.3 Å². The van der Waals surface area contributed by atoms with E-state index in [4.69, 9.17) is 10.3 Å². The van der Waals surface area contributed by atoms with Gasteiger partial charge in [-0.15, -0.1) is 0 Å². The van der Waals surface area contributed by atoms with E-state index in [2.05, 4.69) is 5.16 Å². The van der Waals surface area contributed by atoms with Crippen LogP contribution in [-0.2, 0) is 0 Å². The molecule has 0 saturated carbocycles. The molecule has 0 atom stereocenters. The van der Waals surface area contributed by atoms with Gasteiger partial charge in [0.25, 0.3) is 0 Å². The van der Waals surface area contributed by atoms with Crippen LogP contribution in [0.25, 0.3) is 22.5 Å². The highest BCUT2D eigenvalue weighted by Gasteiger charge is 2.19. The van der Waals surface area contributed by atoms with E-state index in [1.165, 1.54) is 6.07 Å². The molecule has 0 fully saturated rings. The third kappa shape index (κ3) is 1.97. The van der Waals surface area contributed by atoms with Crippen molar-refractivity contribution in [1.29, 1.82) is 0 Å². The van der Waals surface area contributed by atoms with Gasteiger partial charge in [-0.2, -0.15) is 0 Å². The van der Waals surface area contributed by atoms with E-state index < -0.39 is 0 Å². The Bertz CT molecular complexity index is 707. The highest BCUT2D eigenvalue weighted by Crippen LogP contribution is 2.37. The highest BCUT2D eigenvalue weighted by molar-refractivity contribution is 5.86. The molecule has 0 unspecified atom stereocenters. The van der Waals surface area contributed by atoms with Crippen LogP contribution < -0.4 is 5.73 Å². The number of nitrogens with zero attached hydrogens (tertiary/aromatic N) is 1. The zero-order valence-electron chi connectivity index (χ0n) is 10.0. The van der Waals surface area contributed by atoms with E-state index in [0.717, 1.165) is 5.56 Å². The van der Waals surface area contributed by atoms with Gasteiger partial charge >= 0.3 is 0 Å². The number of rotatable bonds is 2. The normalized spacial score (nSPS) is 10.6. The minimum atomic E-state index is -0.352. The van der Waals surface area contributed by atoms with Crippen LogP contribution in [-0.4, -0.2) is 5.16 Å². The number of anilines is 1. The Morgan fingerprint density at radius 1 is 0.947 bits per heavy atom. The number of nitrogens with two attached hydrogens (primary N) is 1. The fourth-order valence-electron chi connectivity index (χ4n) is 2.01. The molecule has 1 aromatic heterocycles. The molecule has 0 saturated heterocycles. The first-order valence-electron chi connectivity index (χ1n) is 5.83. The van der Waals surface area contributed by atoms with Crippen molar-refractivity contribution in [3.63, 3.8) is 0 Å². The molecule has 0 radical (unpaired) electrons. The maximum atomic E-state index is 13.9. The molecule has 0 spiro atoms. The van der Waals surface area contributed by atoms with Crippen molar-refractivity contribution in [2.45, 2.75) is 0 Å². The first-order chi connectivity index (χ1) is 9.27. The molecule has 94 valence electrons. The number of aromatic nitrogens is 1. The molecule has 2 N–H and O–H groups in total. The summed E-state index contributed by atoms with van der Waals surface area (Å²) in [6.45, 7) is 0. The quantitative estimate of drug-likeness (QED) is 0.758. The lowest BCUT2D eigenvalue weighted by molar-refractivity contribution is 0.436. The average Bonchev–Trinajstić information content (AvgIpc) is 2.82. The van der Waals surface area contributed by atoms with Crippen LogP contribution >= 0.6 is 0 Å². The Kier molecular flexibility index (Phi) is 2.76. The fraction of sp³-hybridized carbons (Fsp3) is 0. The second-order valence-electron chi connectivity index (χ2n) is 4.12. The SMILES string of the molecule is Nc1noc(-c2ccccc2)c1-c1ccccc1F. The molecular weight excluding hydrogens is 243 g/mol. The van der Waals surface area contributed by atoms with Gasteiger partial charge in [-0.3, -0.25) is 0 Å². The molecule has 0 aliphatic carbocycles. The van der Waals surface area contributed by atoms with Gasteiger partial charge in [0.1, 0.15) is 5.82 Å². The van der Waals surface area contributed by atoms with E-state index in [1.54, 1.807) is 18.2 Å². The van der Waals surface area contributed by atoms with Crippen molar-refractivity contribution in [1.82, 2.24) is 5.16 Å². The van der Waals surface area contributed by atoms with Gasteiger partial charge in [0.2, 0.25) is 0 Å². The zero-order valence-corrected chi connectivity index (χ0v) is 10.0. The largest absolute Gasteiger partial charge is 0.380 e. The molecule has 0 bridgehead atoms. The van der Waals surface area contributed by atoms with Crippen LogP contribution in [0.3, 0.4) is 0 Å². The lowest BCUT2D eigenvalue weighted by atomic mass is 10.0. The smallest absolute Gasteiger partial charge is 0.177 e. The minimum absolute atomic E-state index is 0.184. The zero-order chi connectivity index (χ0) is 13.2. The molecule has 3 nitrogen and oxygen atoms in total. The molecule has 19 heavy (non-hydrogen) atoms. The number of hydrogen-bond acceptors (Lipinski definition) is 3. The number of benzene rings is 2. The van der Waals surface area contributed by atoms with E-state index in [9.17, 15) is 4.39 Å². The Morgan fingerprint density at radius 3 is 2.37 bits per heavy atom. The van der Waals surface area contributed by atoms with Crippen LogP contribution in [0.5, 0.6) is 0 Å². The van der Waals surface area contributed by atoms with E-state index in [-0.39, 0.29) is 11.6 Å². The van der Waals surface area contributed by atoms with E-state index in [1.807, 2.05) is 30.3 Å². The van der Waals surface area contributed by atoms with Gasteiger partial charge in [0, 0.05) is 11.1 Å². The van der Waals surface area contributed by atoms with Gasteiger partial charge in [0.15, 0.2) is 11.6 Å². The van der Waals surface area contributed by atoms with Crippen molar-refractivity contribution in [2.24, 2.45) is 0 Å². The minimum Gasteiger partial charge on any atom is -0.380 e. The summed E-state index contributed by atoms with van der Waals surface area (Å²) < 4.78 is 19.2. The summed E-state index contributed by atoms with van der Waals surface area (Å²) in [5.41, 5.74) is 7.50. The third-order valence-corrected chi connectivity index (χ3v) is 2.90. The van der Waals surface area contributed by atoms with Gasteiger partial charge in [-0.05, 0) is 6.07 Å². The number of hydrogen-bond donors (Lipinski definition) is 1. The van der Waals surface area contributed by atoms with Crippen LogP contribution in [0.1, 0.15) is 0 Å². The predicted molar refractivity (Wildman–Crippen MR) is 71.7 cm³/mol. The lowest BCUT2D eigenvalue weighted by Crippen LogP contribution is -1.91. The molecule has 0 amide bonds. The van der Waals surface area contributed by atoms with Crippen molar-refractivity contribution < 1.29 is 8.91 Å². The summed E-state index contributed by atoms with van der Waals surface area (Å²) in [5.74, 6) is 0.307. The summed E-state index contributed by atoms with van der Waals surface area (Å²) in [7, 11) is 0. The maximum Gasteiger partial charge on any atom is 0.177 e. The summed E-state index contributed by atoms with van der Waals surface area (Å²) in [6, 6.07) is 15.8. The van der Waals surface area contributed by atoms with E-state index in [0.29, 0.717) is 16.9 Å². The number of nitrogen functional groups attached to an aromatic ring is 1. The van der Waals surface area contributed by atoms with Crippen molar-refractivity contribution in [2.75, 3.05) is 5.73 Å². The Morgan fingerprint density at radius 2 is 1.63 bits per heavy atom. The predicted octanol–water partition coefficient (Wildman–Crippen LogP) is 3.73. The summed E-state index contributed by atoms with van der Waals surface area (Å²) in [4.78, 5) is 0. The Labute approximate surface area is 109 Å². The van der Waals surface area contributed by atoms with Crippen molar-refractivity contribution in [3.8, 4) is 22.5 Å². The average molecular weight is 254 g/mol.